The average molecular weight is 481 g/mol. The number of nitrogens with one attached hydrogen (secondary N) is 1. The highest BCUT2D eigenvalue weighted by molar-refractivity contribution is 6.39. The number of hydrogen-bond acceptors (Lipinski definition) is 5. The summed E-state index contributed by atoms with van der Waals surface area (Å²) in [5.74, 6) is -1.24. The first-order valence-electron chi connectivity index (χ1n) is 10.1. The van der Waals surface area contributed by atoms with Crippen molar-refractivity contribution in [2.45, 2.75) is 6.61 Å². The van der Waals surface area contributed by atoms with Crippen molar-refractivity contribution in [3.8, 4) is 11.5 Å². The van der Waals surface area contributed by atoms with Crippen molar-refractivity contribution in [2.24, 2.45) is 0 Å². The molecule has 0 aliphatic carbocycles. The lowest BCUT2D eigenvalue weighted by Crippen LogP contribution is -2.54. The predicted molar refractivity (Wildman–Crippen MR) is 124 cm³/mol. The highest BCUT2D eigenvalue weighted by Gasteiger charge is 2.36. The fraction of sp³-hybridized carbons (Fsp3) is 0.0800. The Bertz CT molecular complexity index is 1320. The van der Waals surface area contributed by atoms with Gasteiger partial charge in [-0.2, -0.15) is 0 Å². The maximum absolute atomic E-state index is 13.4. The van der Waals surface area contributed by atoms with E-state index in [0.29, 0.717) is 27.6 Å². The van der Waals surface area contributed by atoms with Crippen molar-refractivity contribution in [1.82, 2.24) is 5.32 Å². The van der Waals surface area contributed by atoms with Crippen LogP contribution < -0.4 is 19.7 Å². The van der Waals surface area contributed by atoms with Crippen LogP contribution >= 0.6 is 11.6 Å². The summed E-state index contributed by atoms with van der Waals surface area (Å²) in [4.78, 5) is 38.6. The third-order valence-electron chi connectivity index (χ3n) is 4.95. The number of carbonyl (C=O) groups excluding carboxylic acids is 3. The molecule has 1 heterocycles. The minimum atomic E-state index is -0.868. The summed E-state index contributed by atoms with van der Waals surface area (Å²) in [6.45, 7) is 0.117. The summed E-state index contributed by atoms with van der Waals surface area (Å²) < 4.78 is 24.5. The zero-order chi connectivity index (χ0) is 24.2. The average Bonchev–Trinajstić information content (AvgIpc) is 2.80. The lowest BCUT2D eigenvalue weighted by molar-refractivity contribution is -0.122. The molecule has 4 amide bonds. The Morgan fingerprint density at radius 3 is 2.53 bits per heavy atom. The fourth-order valence-electron chi connectivity index (χ4n) is 3.35. The molecule has 0 bridgehead atoms. The third kappa shape index (κ3) is 4.92. The zero-order valence-electron chi connectivity index (χ0n) is 17.9. The Morgan fingerprint density at radius 2 is 1.79 bits per heavy atom. The SMILES string of the molecule is COc1cc(/C=C2\C(=O)NC(=O)N(c3cccc(Cl)c3)C2=O)ccc1OCc1cccc(F)c1. The van der Waals surface area contributed by atoms with Crippen LogP contribution in [0, 0.1) is 5.82 Å². The van der Waals surface area contributed by atoms with E-state index in [-0.39, 0.29) is 23.7 Å². The maximum Gasteiger partial charge on any atom is 0.335 e. The molecule has 9 heteroatoms. The molecule has 4 rings (SSSR count). The Balaban J connectivity index is 1.60. The van der Waals surface area contributed by atoms with Crippen LogP contribution in [0.15, 0.2) is 72.3 Å². The zero-order valence-corrected chi connectivity index (χ0v) is 18.6. The van der Waals surface area contributed by atoms with Gasteiger partial charge < -0.3 is 9.47 Å². The van der Waals surface area contributed by atoms with E-state index < -0.39 is 17.8 Å². The highest BCUT2D eigenvalue weighted by Crippen LogP contribution is 2.31. The Labute approximate surface area is 199 Å². The number of methoxy groups -OCH3 is 1. The Kier molecular flexibility index (Phi) is 6.60. The molecule has 7 nitrogen and oxygen atoms in total. The second-order valence-corrected chi connectivity index (χ2v) is 7.70. The van der Waals surface area contributed by atoms with E-state index in [1.165, 1.54) is 37.5 Å². The number of benzene rings is 3. The normalized spacial score (nSPS) is 14.9. The van der Waals surface area contributed by atoms with Gasteiger partial charge in [-0.25, -0.2) is 14.1 Å². The second kappa shape index (κ2) is 9.76. The minimum absolute atomic E-state index is 0.117. The molecule has 0 aromatic heterocycles. The van der Waals surface area contributed by atoms with Gasteiger partial charge in [-0.1, -0.05) is 35.9 Å². The lowest BCUT2D eigenvalue weighted by atomic mass is 10.1. The van der Waals surface area contributed by atoms with Gasteiger partial charge in [0, 0.05) is 5.02 Å². The summed E-state index contributed by atoms with van der Waals surface area (Å²) in [6, 6.07) is 16.1. The summed E-state index contributed by atoms with van der Waals surface area (Å²) in [5, 5.41) is 2.49. The molecule has 1 aliphatic rings. The monoisotopic (exact) mass is 480 g/mol. The molecular weight excluding hydrogens is 463 g/mol. The molecule has 0 atom stereocenters. The van der Waals surface area contributed by atoms with Crippen LogP contribution in [0.4, 0.5) is 14.9 Å². The number of ether oxygens (including phenoxy) is 2. The number of carbonyl (C=O) groups is 3. The van der Waals surface area contributed by atoms with Gasteiger partial charge in [0.15, 0.2) is 11.5 Å². The standard InChI is InChI=1S/C25H18ClFN2O5/c1-33-22-12-15(8-9-21(22)34-14-16-4-2-6-18(27)10-16)11-20-23(30)28-25(32)29(24(20)31)19-7-3-5-17(26)13-19/h2-13H,14H2,1H3,(H,28,30,32)/b20-11+. The second-order valence-electron chi connectivity index (χ2n) is 7.27. The molecule has 0 saturated carbocycles. The first kappa shape index (κ1) is 23.0. The van der Waals surface area contributed by atoms with Crippen molar-refractivity contribution in [1.29, 1.82) is 0 Å². The van der Waals surface area contributed by atoms with Crippen molar-refractivity contribution < 1.29 is 28.2 Å². The molecule has 3 aromatic rings. The van der Waals surface area contributed by atoms with Gasteiger partial charge >= 0.3 is 6.03 Å². The number of urea groups is 1. The van der Waals surface area contributed by atoms with Crippen LogP contribution in [0.3, 0.4) is 0 Å². The van der Waals surface area contributed by atoms with E-state index in [2.05, 4.69) is 5.32 Å². The quantitative estimate of drug-likeness (QED) is 0.407. The lowest BCUT2D eigenvalue weighted by Gasteiger charge is -2.26. The van der Waals surface area contributed by atoms with Gasteiger partial charge in [0.25, 0.3) is 11.8 Å². The van der Waals surface area contributed by atoms with Gasteiger partial charge in [0.2, 0.25) is 0 Å². The molecule has 1 aliphatic heterocycles. The van der Waals surface area contributed by atoms with Crippen LogP contribution in [0.5, 0.6) is 11.5 Å². The van der Waals surface area contributed by atoms with Gasteiger partial charge in [-0.05, 0) is 59.7 Å². The van der Waals surface area contributed by atoms with E-state index in [0.717, 1.165) is 4.90 Å². The van der Waals surface area contributed by atoms with Crippen molar-refractivity contribution >= 4 is 41.2 Å². The summed E-state index contributed by atoms with van der Waals surface area (Å²) in [5.41, 5.74) is 1.10. The fourth-order valence-corrected chi connectivity index (χ4v) is 3.54. The Morgan fingerprint density at radius 1 is 1.00 bits per heavy atom. The van der Waals surface area contributed by atoms with Gasteiger partial charge in [0.05, 0.1) is 12.8 Å². The van der Waals surface area contributed by atoms with Gasteiger partial charge in [0.1, 0.15) is 18.0 Å². The molecular formula is C25H18ClFN2O5. The maximum atomic E-state index is 13.4. The van der Waals surface area contributed by atoms with E-state index >= 15 is 0 Å². The van der Waals surface area contributed by atoms with Crippen LogP contribution in [-0.2, 0) is 16.2 Å². The first-order valence-corrected chi connectivity index (χ1v) is 10.5. The molecule has 34 heavy (non-hydrogen) atoms. The summed E-state index contributed by atoms with van der Waals surface area (Å²) >= 11 is 5.98. The van der Waals surface area contributed by atoms with Crippen LogP contribution in [0.1, 0.15) is 11.1 Å². The molecule has 1 fully saturated rings. The van der Waals surface area contributed by atoms with Gasteiger partial charge in [-0.3, -0.25) is 14.9 Å². The minimum Gasteiger partial charge on any atom is -0.493 e. The molecule has 0 unspecified atom stereocenters. The molecule has 1 N–H and O–H groups in total. The van der Waals surface area contributed by atoms with Crippen LogP contribution in [-0.4, -0.2) is 25.0 Å². The molecule has 1 saturated heterocycles. The largest absolute Gasteiger partial charge is 0.493 e. The number of hydrogen-bond donors (Lipinski definition) is 1. The highest BCUT2D eigenvalue weighted by atomic mass is 35.5. The number of nitrogens with zero attached hydrogens (tertiary/aromatic N) is 1. The number of barbiturate groups is 1. The van der Waals surface area contributed by atoms with Crippen molar-refractivity contribution in [3.63, 3.8) is 0 Å². The summed E-state index contributed by atoms with van der Waals surface area (Å²) in [6.07, 6.45) is 1.35. The number of anilines is 1. The number of halogens is 2. The smallest absolute Gasteiger partial charge is 0.335 e. The first-order chi connectivity index (χ1) is 16.4. The topological polar surface area (TPSA) is 84.9 Å². The predicted octanol–water partition coefficient (Wildman–Crippen LogP) is 4.73. The molecule has 3 aromatic carbocycles. The van der Waals surface area contributed by atoms with Crippen molar-refractivity contribution in [3.05, 3.63) is 94.3 Å². The number of rotatable bonds is 6. The van der Waals surface area contributed by atoms with Crippen LogP contribution in [0.2, 0.25) is 5.02 Å². The van der Waals surface area contributed by atoms with E-state index in [1.54, 1.807) is 42.5 Å². The molecule has 0 radical (unpaired) electrons. The molecule has 172 valence electrons. The molecule has 0 spiro atoms. The van der Waals surface area contributed by atoms with E-state index in [1.807, 2.05) is 0 Å². The van der Waals surface area contributed by atoms with Gasteiger partial charge in [-0.15, -0.1) is 0 Å². The Hall–Kier alpha value is -4.17. The summed E-state index contributed by atoms with van der Waals surface area (Å²) in [7, 11) is 1.44. The van der Waals surface area contributed by atoms with E-state index in [9.17, 15) is 18.8 Å². The van der Waals surface area contributed by atoms with Crippen LogP contribution in [0.25, 0.3) is 6.08 Å². The van der Waals surface area contributed by atoms with E-state index in [4.69, 9.17) is 21.1 Å². The number of amides is 4. The third-order valence-corrected chi connectivity index (χ3v) is 5.19. The van der Waals surface area contributed by atoms with Crippen molar-refractivity contribution in [2.75, 3.05) is 12.0 Å². The number of imide groups is 2.